The molecule has 0 unspecified atom stereocenters. The number of hydrogen-bond donors (Lipinski definition) is 0. The molecule has 0 aliphatic carbocycles. The van der Waals surface area contributed by atoms with Gasteiger partial charge in [0.15, 0.2) is 0 Å². The van der Waals surface area contributed by atoms with E-state index in [1.54, 1.807) is 35.1 Å². The lowest BCUT2D eigenvalue weighted by Crippen LogP contribution is -2.48. The number of esters is 4. The second-order valence-electron chi connectivity index (χ2n) is 15.0. The van der Waals surface area contributed by atoms with Crippen molar-refractivity contribution in [1.82, 2.24) is 19.1 Å². The number of nitrogens with zero attached hydrogens (tertiary/aromatic N) is 4. The Morgan fingerprint density at radius 2 is 1.05 bits per heavy atom. The molecule has 0 amide bonds. The van der Waals surface area contributed by atoms with Crippen LogP contribution in [0.15, 0.2) is 82.4 Å². The van der Waals surface area contributed by atoms with Gasteiger partial charge in [0.2, 0.25) is 11.2 Å². The van der Waals surface area contributed by atoms with E-state index in [4.69, 9.17) is 28.9 Å². The maximum atomic E-state index is 13.9. The van der Waals surface area contributed by atoms with Gasteiger partial charge in [0.1, 0.15) is 13.2 Å². The summed E-state index contributed by atoms with van der Waals surface area (Å²) >= 11 is 0. The van der Waals surface area contributed by atoms with Crippen molar-refractivity contribution >= 4 is 45.7 Å². The number of carbonyl (C=O) groups is 4. The summed E-state index contributed by atoms with van der Waals surface area (Å²) in [6, 6.07) is 22.5. The van der Waals surface area contributed by atoms with E-state index in [1.807, 2.05) is 60.7 Å². The highest BCUT2D eigenvalue weighted by atomic mass is 16.6. The van der Waals surface area contributed by atoms with E-state index in [0.29, 0.717) is 22.8 Å². The van der Waals surface area contributed by atoms with Crippen LogP contribution in [0.5, 0.6) is 0 Å². The Hall–Kier alpha value is -6.96. The zero-order chi connectivity index (χ0) is 40.1. The highest BCUT2D eigenvalue weighted by Crippen LogP contribution is 2.43. The highest BCUT2D eigenvalue weighted by Gasteiger charge is 2.52. The first-order valence-corrected chi connectivity index (χ1v) is 19.2. The van der Waals surface area contributed by atoms with Gasteiger partial charge in [-0.25, -0.2) is 19.6 Å². The van der Waals surface area contributed by atoms with E-state index < -0.39 is 47.9 Å². The normalized spacial score (nSPS) is 19.6. The van der Waals surface area contributed by atoms with E-state index in [-0.39, 0.29) is 72.5 Å². The fraction of sp³-hybridized carbons (Fsp3) is 0.273. The van der Waals surface area contributed by atoms with Gasteiger partial charge in [0, 0.05) is 33.0 Å². The Kier molecular flexibility index (Phi) is 7.81. The predicted octanol–water partition coefficient (Wildman–Crippen LogP) is 5.05. The molecule has 4 aliphatic rings. The van der Waals surface area contributed by atoms with E-state index in [2.05, 4.69) is 0 Å². The van der Waals surface area contributed by atoms with Gasteiger partial charge in [0.05, 0.1) is 70.9 Å². The standard InChI is InChI=1S/C44H34N4O10/c1-3-43(29-17-33-37-25(15-23-9-5-7-11-31(23)45-37)19-47(33)39(51)27(29)21-55-41(43)53)57-35(49)13-14-36(50)58-44(4-2)30-18-34-38-26(16-24-10-6-8-12-32(24)46-38)20-48(34)40(52)28(30)22-56-42(44)54/h5-12,15-18H,3-4,13-14,19-22H2,1-2H3/t43-,44-/m0/s1. The van der Waals surface area contributed by atoms with Crippen LogP contribution < -0.4 is 11.1 Å². The van der Waals surface area contributed by atoms with Crippen LogP contribution in [0.25, 0.3) is 44.6 Å². The van der Waals surface area contributed by atoms with Gasteiger partial charge in [-0.2, -0.15) is 0 Å². The summed E-state index contributed by atoms with van der Waals surface area (Å²) in [4.78, 5) is 91.8. The lowest BCUT2D eigenvalue weighted by atomic mass is 9.85. The molecule has 2 atom stereocenters. The van der Waals surface area contributed by atoms with Gasteiger partial charge in [-0.05, 0) is 49.2 Å². The van der Waals surface area contributed by atoms with Gasteiger partial charge in [-0.15, -0.1) is 0 Å². The lowest BCUT2D eigenvalue weighted by Gasteiger charge is -2.36. The summed E-state index contributed by atoms with van der Waals surface area (Å²) < 4.78 is 25.9. The van der Waals surface area contributed by atoms with Crippen molar-refractivity contribution in [2.24, 2.45) is 0 Å². The number of aromatic nitrogens is 4. The number of carbonyl (C=O) groups excluding carboxylic acids is 4. The molecule has 8 heterocycles. The molecule has 0 radical (unpaired) electrons. The SMILES string of the molecule is CC[C@@]1(OC(=O)CCC(=O)O[C@]2(CC)C(=O)OCc3c2cc2n(c3=O)Cc3cc4ccccc4nc3-2)C(=O)OCc2c1cc1n(c2=O)Cc2cc3ccccc3nc2-1. The monoisotopic (exact) mass is 778 g/mol. The van der Waals surface area contributed by atoms with E-state index >= 15 is 0 Å². The molecule has 0 spiro atoms. The topological polar surface area (TPSA) is 175 Å². The zero-order valence-electron chi connectivity index (χ0n) is 31.5. The molecule has 290 valence electrons. The number of pyridine rings is 4. The van der Waals surface area contributed by atoms with Crippen molar-refractivity contribution in [3.63, 3.8) is 0 Å². The van der Waals surface area contributed by atoms with Crippen LogP contribution in [-0.2, 0) is 75.6 Å². The minimum absolute atomic E-state index is 0.0644. The summed E-state index contributed by atoms with van der Waals surface area (Å²) in [7, 11) is 0. The van der Waals surface area contributed by atoms with Gasteiger partial charge in [-0.3, -0.25) is 19.2 Å². The predicted molar refractivity (Wildman–Crippen MR) is 206 cm³/mol. The number of rotatable bonds is 7. The fourth-order valence-corrected chi connectivity index (χ4v) is 8.86. The third-order valence-electron chi connectivity index (χ3n) is 11.9. The maximum Gasteiger partial charge on any atom is 0.355 e. The zero-order valence-corrected chi connectivity index (χ0v) is 31.5. The van der Waals surface area contributed by atoms with Crippen molar-refractivity contribution in [3.05, 3.63) is 127 Å². The molecule has 58 heavy (non-hydrogen) atoms. The van der Waals surface area contributed by atoms with Crippen LogP contribution in [0.3, 0.4) is 0 Å². The quantitative estimate of drug-likeness (QED) is 0.156. The van der Waals surface area contributed by atoms with Gasteiger partial charge in [-0.1, -0.05) is 50.2 Å². The molecular formula is C44H34N4O10. The van der Waals surface area contributed by atoms with Crippen molar-refractivity contribution in [1.29, 1.82) is 0 Å². The second-order valence-corrected chi connectivity index (χ2v) is 15.0. The maximum absolute atomic E-state index is 13.9. The number of fused-ring (bicyclic) bond motifs is 10. The van der Waals surface area contributed by atoms with Crippen LogP contribution >= 0.6 is 0 Å². The first-order valence-electron chi connectivity index (χ1n) is 19.2. The minimum atomic E-state index is -1.97. The molecule has 4 aromatic heterocycles. The molecule has 2 aromatic carbocycles. The minimum Gasteiger partial charge on any atom is -0.457 e. The number of hydrogen-bond acceptors (Lipinski definition) is 12. The molecule has 6 aromatic rings. The van der Waals surface area contributed by atoms with Crippen molar-refractivity contribution in [2.45, 2.75) is 77.0 Å². The summed E-state index contributed by atoms with van der Waals surface area (Å²) in [6.45, 7) is 3.22. The Labute approximate surface area is 329 Å². The van der Waals surface area contributed by atoms with Crippen LogP contribution in [0, 0.1) is 0 Å². The molecule has 0 saturated carbocycles. The number of para-hydroxylation sites is 2. The van der Waals surface area contributed by atoms with E-state index in [1.165, 1.54) is 0 Å². The van der Waals surface area contributed by atoms with Gasteiger partial charge >= 0.3 is 23.9 Å². The molecule has 0 saturated heterocycles. The average Bonchev–Trinajstić information content (AvgIpc) is 3.78. The molecule has 10 rings (SSSR count). The van der Waals surface area contributed by atoms with Crippen LogP contribution in [0.2, 0.25) is 0 Å². The summed E-state index contributed by atoms with van der Waals surface area (Å²) in [6.07, 6.45) is -1.21. The molecule has 0 bridgehead atoms. The summed E-state index contributed by atoms with van der Waals surface area (Å²) in [5.74, 6) is -3.56. The largest absolute Gasteiger partial charge is 0.457 e. The second kappa shape index (κ2) is 12.8. The third kappa shape index (κ3) is 5.03. The van der Waals surface area contributed by atoms with E-state index in [0.717, 1.165) is 32.9 Å². The Balaban J connectivity index is 0.926. The van der Waals surface area contributed by atoms with Crippen molar-refractivity contribution in [3.8, 4) is 22.8 Å². The third-order valence-corrected chi connectivity index (χ3v) is 11.9. The van der Waals surface area contributed by atoms with E-state index in [9.17, 15) is 28.8 Å². The summed E-state index contributed by atoms with van der Waals surface area (Å²) in [5.41, 5.74) is 1.35. The van der Waals surface area contributed by atoms with Crippen molar-refractivity contribution < 1.29 is 38.1 Å². The van der Waals surface area contributed by atoms with Gasteiger partial charge in [0.25, 0.3) is 11.1 Å². The Bertz CT molecular complexity index is 2790. The Morgan fingerprint density at radius 3 is 1.47 bits per heavy atom. The van der Waals surface area contributed by atoms with Crippen LogP contribution in [-0.4, -0.2) is 43.0 Å². The Morgan fingerprint density at radius 1 is 0.638 bits per heavy atom. The van der Waals surface area contributed by atoms with Crippen molar-refractivity contribution in [2.75, 3.05) is 0 Å². The van der Waals surface area contributed by atoms with Gasteiger partial charge < -0.3 is 28.1 Å². The average molecular weight is 779 g/mol. The molecule has 14 nitrogen and oxygen atoms in total. The highest BCUT2D eigenvalue weighted by molar-refractivity contribution is 5.91. The number of cyclic esters (lactones) is 2. The smallest absolute Gasteiger partial charge is 0.355 e. The van der Waals surface area contributed by atoms with Crippen LogP contribution in [0.1, 0.15) is 72.9 Å². The molecule has 0 N–H and O–H groups in total. The van der Waals surface area contributed by atoms with Crippen LogP contribution in [0.4, 0.5) is 0 Å². The first-order chi connectivity index (χ1) is 28.0. The fourth-order valence-electron chi connectivity index (χ4n) is 8.86. The lowest BCUT2D eigenvalue weighted by molar-refractivity contribution is -0.192. The number of benzene rings is 2. The summed E-state index contributed by atoms with van der Waals surface area (Å²) in [5, 5.41) is 1.84. The molecule has 14 heteroatoms. The number of ether oxygens (including phenoxy) is 4. The molecule has 0 fully saturated rings. The molecule has 4 aliphatic heterocycles. The first kappa shape index (κ1) is 35.5. The molecular weight excluding hydrogens is 745 g/mol.